The van der Waals surface area contributed by atoms with E-state index in [0.29, 0.717) is 23.9 Å². The van der Waals surface area contributed by atoms with E-state index in [0.717, 1.165) is 10.9 Å². The molecule has 0 aliphatic rings. The number of carbonyl (C=O) groups excluding carboxylic acids is 3. The Morgan fingerprint density at radius 1 is 1.19 bits per heavy atom. The quantitative estimate of drug-likeness (QED) is 0.326. The molecule has 0 aliphatic heterocycles. The second-order valence-electron chi connectivity index (χ2n) is 7.48. The van der Waals surface area contributed by atoms with Crippen molar-refractivity contribution in [3.8, 4) is 0 Å². The number of carbonyl (C=O) groups is 4. The van der Waals surface area contributed by atoms with E-state index in [-0.39, 0.29) is 36.4 Å². The van der Waals surface area contributed by atoms with Gasteiger partial charge < -0.3 is 20.1 Å². The van der Waals surface area contributed by atoms with Crippen LogP contribution in [0.3, 0.4) is 0 Å². The molecule has 1 amide bonds. The smallest absolute Gasteiger partial charge is 0.326 e. The molecule has 2 aromatic heterocycles. The molecule has 0 saturated carbocycles. The van der Waals surface area contributed by atoms with Crippen molar-refractivity contribution in [2.75, 3.05) is 6.61 Å². The van der Waals surface area contributed by atoms with Crippen LogP contribution >= 0.6 is 0 Å². The van der Waals surface area contributed by atoms with Crippen LogP contribution in [-0.2, 0) is 14.3 Å². The van der Waals surface area contributed by atoms with Gasteiger partial charge in [-0.25, -0.2) is 9.78 Å². The Morgan fingerprint density at radius 3 is 2.62 bits per heavy atom. The lowest BCUT2D eigenvalue weighted by Crippen LogP contribution is -2.41. The number of nitrogens with one attached hydrogen (secondary N) is 2. The number of carboxylic acids is 1. The van der Waals surface area contributed by atoms with E-state index in [1.807, 2.05) is 31.2 Å². The Labute approximate surface area is 184 Å². The maximum atomic E-state index is 12.8. The van der Waals surface area contributed by atoms with Gasteiger partial charge in [-0.1, -0.05) is 25.1 Å². The summed E-state index contributed by atoms with van der Waals surface area (Å²) in [4.78, 5) is 55.6. The molecule has 168 valence electrons. The first-order chi connectivity index (χ1) is 15.3. The van der Waals surface area contributed by atoms with E-state index in [4.69, 9.17) is 4.74 Å². The number of aliphatic carboxylic acids is 1. The standard InChI is InChI=1S/C23H25N3O6/c1-3-11-32-19(28)10-6-9-17(23(30)31)26-22(29)18-12-15-14-7-4-5-8-16(14)24-21(15)20(25-18)13(2)27/h4-5,7-8,12,17,24H,3,6,9-11H2,1-2H3,(H,26,29)(H,30,31)/t17-/m0/s1. The number of hydrogen-bond acceptors (Lipinski definition) is 6. The topological polar surface area (TPSA) is 138 Å². The van der Waals surface area contributed by atoms with Crippen molar-refractivity contribution in [2.24, 2.45) is 0 Å². The minimum atomic E-state index is -1.22. The molecule has 0 unspecified atom stereocenters. The van der Waals surface area contributed by atoms with Crippen molar-refractivity contribution >= 4 is 45.4 Å². The second kappa shape index (κ2) is 10.0. The number of H-pyrrole nitrogens is 1. The Bertz CT molecular complexity index is 1180. The van der Waals surface area contributed by atoms with Gasteiger partial charge in [0.25, 0.3) is 5.91 Å². The number of fused-ring (bicyclic) bond motifs is 3. The first-order valence-electron chi connectivity index (χ1n) is 10.4. The minimum Gasteiger partial charge on any atom is -0.480 e. The molecule has 3 aromatic rings. The molecule has 3 rings (SSSR count). The number of carboxylic acid groups (broad SMARTS) is 1. The lowest BCUT2D eigenvalue weighted by molar-refractivity contribution is -0.144. The highest BCUT2D eigenvalue weighted by molar-refractivity contribution is 6.15. The van der Waals surface area contributed by atoms with Crippen molar-refractivity contribution in [1.29, 1.82) is 0 Å². The number of Topliss-reactive ketones (excluding diaryl/α,β-unsaturated/α-hetero) is 1. The maximum absolute atomic E-state index is 12.8. The molecule has 2 heterocycles. The normalized spacial score (nSPS) is 11.9. The summed E-state index contributed by atoms with van der Waals surface area (Å²) in [5.74, 6) is -2.66. The van der Waals surface area contributed by atoms with Crippen molar-refractivity contribution in [1.82, 2.24) is 15.3 Å². The number of rotatable bonds is 10. The molecule has 3 N–H and O–H groups in total. The van der Waals surface area contributed by atoms with Gasteiger partial charge in [-0.2, -0.15) is 0 Å². The predicted octanol–water partition coefficient (Wildman–Crippen LogP) is 3.23. The van der Waals surface area contributed by atoms with E-state index in [2.05, 4.69) is 15.3 Å². The van der Waals surface area contributed by atoms with Crippen LogP contribution in [0, 0.1) is 0 Å². The van der Waals surface area contributed by atoms with Gasteiger partial charge in [0.1, 0.15) is 17.4 Å². The molecule has 0 fully saturated rings. The largest absolute Gasteiger partial charge is 0.480 e. The van der Waals surface area contributed by atoms with Crippen LogP contribution in [0.15, 0.2) is 30.3 Å². The molecule has 32 heavy (non-hydrogen) atoms. The molecule has 1 atom stereocenters. The molecule has 9 nitrogen and oxygen atoms in total. The Kier molecular flexibility index (Phi) is 7.19. The lowest BCUT2D eigenvalue weighted by atomic mass is 10.1. The average Bonchev–Trinajstić information content (AvgIpc) is 3.14. The first kappa shape index (κ1) is 22.9. The summed E-state index contributed by atoms with van der Waals surface area (Å²) in [6, 6.07) is 7.73. The minimum absolute atomic E-state index is 0.0528. The Balaban J connectivity index is 1.81. The highest BCUT2D eigenvalue weighted by Crippen LogP contribution is 2.28. The van der Waals surface area contributed by atoms with Crippen LogP contribution in [0.2, 0.25) is 0 Å². The maximum Gasteiger partial charge on any atom is 0.326 e. The summed E-state index contributed by atoms with van der Waals surface area (Å²) in [6.07, 6.45) is 1.06. The number of aromatic amines is 1. The third-order valence-corrected chi connectivity index (χ3v) is 5.01. The van der Waals surface area contributed by atoms with E-state index in [1.165, 1.54) is 13.0 Å². The molecule has 0 bridgehead atoms. The van der Waals surface area contributed by atoms with Crippen molar-refractivity contribution in [3.05, 3.63) is 41.7 Å². The molecule has 0 radical (unpaired) electrons. The molecule has 9 heteroatoms. The van der Waals surface area contributed by atoms with Gasteiger partial charge in [-0.05, 0) is 31.4 Å². The first-order valence-corrected chi connectivity index (χ1v) is 10.4. The number of esters is 1. The molecule has 0 aliphatic carbocycles. The van der Waals surface area contributed by atoms with Crippen LogP contribution in [0.4, 0.5) is 0 Å². The Hall–Kier alpha value is -3.75. The number of nitrogens with zero attached hydrogens (tertiary/aromatic N) is 1. The average molecular weight is 439 g/mol. The van der Waals surface area contributed by atoms with Crippen LogP contribution in [0.5, 0.6) is 0 Å². The number of pyridine rings is 1. The summed E-state index contributed by atoms with van der Waals surface area (Å²) in [5, 5.41) is 13.4. The fourth-order valence-corrected chi connectivity index (χ4v) is 3.44. The van der Waals surface area contributed by atoms with Crippen molar-refractivity contribution in [2.45, 2.75) is 45.6 Å². The van der Waals surface area contributed by atoms with Crippen LogP contribution in [-0.4, -0.2) is 51.4 Å². The number of para-hydroxylation sites is 1. The van der Waals surface area contributed by atoms with Crippen LogP contribution in [0.25, 0.3) is 21.8 Å². The van der Waals surface area contributed by atoms with E-state index in [9.17, 15) is 24.3 Å². The SMILES string of the molecule is CCCOC(=O)CCC[C@H](NC(=O)c1cc2c([nH]c3ccccc32)c(C(C)=O)n1)C(=O)O. The highest BCUT2D eigenvalue weighted by atomic mass is 16.5. The third kappa shape index (κ3) is 5.11. The van der Waals surface area contributed by atoms with E-state index in [1.54, 1.807) is 0 Å². The van der Waals surface area contributed by atoms with Crippen LogP contribution < -0.4 is 5.32 Å². The molecule has 0 spiro atoms. The van der Waals surface area contributed by atoms with Gasteiger partial charge in [0.15, 0.2) is 5.78 Å². The fourth-order valence-electron chi connectivity index (χ4n) is 3.44. The fraction of sp³-hybridized carbons (Fsp3) is 0.348. The summed E-state index contributed by atoms with van der Waals surface area (Å²) in [5.41, 5.74) is 1.37. The van der Waals surface area contributed by atoms with Gasteiger partial charge in [0.2, 0.25) is 0 Å². The van der Waals surface area contributed by atoms with E-state index >= 15 is 0 Å². The van der Waals surface area contributed by atoms with Gasteiger partial charge in [0.05, 0.1) is 12.1 Å². The number of ketones is 1. The van der Waals surface area contributed by atoms with Gasteiger partial charge in [-0.3, -0.25) is 14.4 Å². The number of ether oxygens (including phenoxy) is 1. The Morgan fingerprint density at radius 2 is 1.94 bits per heavy atom. The number of aromatic nitrogens is 2. The van der Waals surface area contributed by atoms with E-state index < -0.39 is 23.9 Å². The molecular weight excluding hydrogens is 414 g/mol. The zero-order valence-electron chi connectivity index (χ0n) is 17.9. The second-order valence-corrected chi connectivity index (χ2v) is 7.48. The zero-order chi connectivity index (χ0) is 23.3. The number of benzene rings is 1. The van der Waals surface area contributed by atoms with Crippen molar-refractivity contribution < 1.29 is 29.0 Å². The molecular formula is C23H25N3O6. The summed E-state index contributed by atoms with van der Waals surface area (Å²) < 4.78 is 4.97. The monoisotopic (exact) mass is 439 g/mol. The number of amides is 1. The van der Waals surface area contributed by atoms with Gasteiger partial charge >= 0.3 is 11.9 Å². The molecule has 0 saturated heterocycles. The van der Waals surface area contributed by atoms with Crippen molar-refractivity contribution in [3.63, 3.8) is 0 Å². The van der Waals surface area contributed by atoms with Gasteiger partial charge in [0, 0.05) is 29.6 Å². The zero-order valence-corrected chi connectivity index (χ0v) is 17.9. The number of hydrogen-bond donors (Lipinski definition) is 3. The summed E-state index contributed by atoms with van der Waals surface area (Å²) in [7, 11) is 0. The molecule has 1 aromatic carbocycles. The highest BCUT2D eigenvalue weighted by Gasteiger charge is 2.24. The lowest BCUT2D eigenvalue weighted by Gasteiger charge is -2.14. The predicted molar refractivity (Wildman–Crippen MR) is 118 cm³/mol. The van der Waals surface area contributed by atoms with Gasteiger partial charge in [-0.15, -0.1) is 0 Å². The summed E-state index contributed by atoms with van der Waals surface area (Å²) in [6.45, 7) is 3.55. The third-order valence-electron chi connectivity index (χ3n) is 5.01. The summed E-state index contributed by atoms with van der Waals surface area (Å²) >= 11 is 0. The van der Waals surface area contributed by atoms with Crippen LogP contribution in [0.1, 0.15) is 60.5 Å².